The molecular formula is C12H22ClNO12P2. The van der Waals surface area contributed by atoms with E-state index in [1.165, 1.54) is 6.92 Å². The van der Waals surface area contributed by atoms with Crippen molar-refractivity contribution in [2.75, 3.05) is 26.5 Å². The molecule has 0 saturated carbocycles. The normalized spacial score (nSPS) is 11.8. The first-order valence-electron chi connectivity index (χ1n) is 7.79. The molecule has 16 heteroatoms. The summed E-state index contributed by atoms with van der Waals surface area (Å²) in [4.78, 5) is 70.8. The van der Waals surface area contributed by atoms with Crippen LogP contribution in [0, 0.1) is 0 Å². The standard InChI is InChI=1S/C12H22ClNO12P2/c1-2-9(15)25-8-26-12(17)14(6-7-24-11(13)16)5-3-4-10(27(18,19)20)28(21,22)23/h10H,2-8H2,1H3,(H2,18,19,20)(H2,21,22,23). The maximum atomic E-state index is 12.0. The van der Waals surface area contributed by atoms with Gasteiger partial charge in [0, 0.05) is 24.6 Å². The number of hydrogen-bond donors (Lipinski definition) is 4. The zero-order chi connectivity index (χ0) is 22.0. The fourth-order valence-corrected chi connectivity index (χ4v) is 4.55. The zero-order valence-electron chi connectivity index (χ0n) is 14.8. The first kappa shape index (κ1) is 26.8. The molecule has 0 heterocycles. The van der Waals surface area contributed by atoms with Crippen molar-refractivity contribution in [2.45, 2.75) is 31.6 Å². The highest BCUT2D eigenvalue weighted by Gasteiger charge is 2.42. The summed E-state index contributed by atoms with van der Waals surface area (Å²) >= 11 is 4.99. The van der Waals surface area contributed by atoms with Crippen LogP contribution in [-0.2, 0) is 28.1 Å². The highest BCUT2D eigenvalue weighted by atomic mass is 35.5. The molecule has 4 N–H and O–H groups in total. The Morgan fingerprint density at radius 3 is 2.04 bits per heavy atom. The van der Waals surface area contributed by atoms with Gasteiger partial charge in [-0.15, -0.1) is 0 Å². The number of carbonyl (C=O) groups is 3. The van der Waals surface area contributed by atoms with E-state index < -0.39 is 51.3 Å². The number of ether oxygens (including phenoxy) is 3. The van der Waals surface area contributed by atoms with Gasteiger partial charge in [-0.05, 0) is 12.8 Å². The molecule has 0 atom stereocenters. The third-order valence-electron chi connectivity index (χ3n) is 3.19. The molecule has 0 aromatic rings. The molecule has 1 amide bonds. The van der Waals surface area contributed by atoms with E-state index in [1.54, 1.807) is 0 Å². The molecule has 0 saturated heterocycles. The van der Waals surface area contributed by atoms with Gasteiger partial charge in [0.1, 0.15) is 6.61 Å². The maximum absolute atomic E-state index is 12.0. The van der Waals surface area contributed by atoms with E-state index in [9.17, 15) is 23.5 Å². The van der Waals surface area contributed by atoms with Crippen LogP contribution in [0.1, 0.15) is 26.2 Å². The molecule has 0 aromatic carbocycles. The minimum atomic E-state index is -5.09. The van der Waals surface area contributed by atoms with Gasteiger partial charge in [0.25, 0.3) is 0 Å². The molecule has 0 bridgehead atoms. The van der Waals surface area contributed by atoms with E-state index in [1.807, 2.05) is 0 Å². The van der Waals surface area contributed by atoms with Gasteiger partial charge in [0.15, 0.2) is 5.40 Å². The van der Waals surface area contributed by atoms with Crippen molar-refractivity contribution in [2.24, 2.45) is 0 Å². The average Bonchev–Trinajstić information content (AvgIpc) is 2.53. The number of esters is 1. The number of nitrogens with zero attached hydrogens (tertiary/aromatic N) is 1. The first-order chi connectivity index (χ1) is 12.8. The minimum absolute atomic E-state index is 0.0546. The van der Waals surface area contributed by atoms with Crippen LogP contribution >= 0.6 is 26.8 Å². The van der Waals surface area contributed by atoms with Crippen molar-refractivity contribution in [1.82, 2.24) is 4.90 Å². The third-order valence-corrected chi connectivity index (χ3v) is 7.18. The predicted octanol–water partition coefficient (Wildman–Crippen LogP) is 1.17. The number of hydrogen-bond acceptors (Lipinski definition) is 8. The van der Waals surface area contributed by atoms with E-state index >= 15 is 0 Å². The van der Waals surface area contributed by atoms with Gasteiger partial charge in [-0.2, -0.15) is 0 Å². The Balaban J connectivity index is 4.84. The number of carbonyl (C=O) groups excluding carboxylic acids is 3. The van der Waals surface area contributed by atoms with Gasteiger partial charge >= 0.3 is 32.7 Å². The summed E-state index contributed by atoms with van der Waals surface area (Å²) in [6, 6.07) is 0. The molecular weight excluding hydrogens is 448 g/mol. The van der Waals surface area contributed by atoms with Crippen molar-refractivity contribution < 1.29 is 57.3 Å². The lowest BCUT2D eigenvalue weighted by Gasteiger charge is -2.24. The monoisotopic (exact) mass is 469 g/mol. The second kappa shape index (κ2) is 12.4. The molecule has 28 heavy (non-hydrogen) atoms. The summed E-state index contributed by atoms with van der Waals surface area (Å²) < 4.78 is 36.2. The van der Waals surface area contributed by atoms with Gasteiger partial charge in [-0.3, -0.25) is 13.9 Å². The quantitative estimate of drug-likeness (QED) is 0.138. The second-order valence-electron chi connectivity index (χ2n) is 5.27. The Labute approximate surface area is 165 Å². The van der Waals surface area contributed by atoms with Gasteiger partial charge in [-0.1, -0.05) is 6.92 Å². The molecule has 0 rings (SSSR count). The van der Waals surface area contributed by atoms with E-state index in [0.717, 1.165) is 4.90 Å². The van der Waals surface area contributed by atoms with Crippen LogP contribution in [0.25, 0.3) is 0 Å². The van der Waals surface area contributed by atoms with E-state index in [4.69, 9.17) is 31.2 Å². The summed E-state index contributed by atoms with van der Waals surface area (Å²) in [5.41, 5.74) is -1.13. The van der Waals surface area contributed by atoms with Crippen molar-refractivity contribution in [3.8, 4) is 0 Å². The fraction of sp³-hybridized carbons (Fsp3) is 0.750. The van der Waals surface area contributed by atoms with E-state index in [2.05, 4.69) is 14.2 Å². The molecule has 0 unspecified atom stereocenters. The molecule has 0 aliphatic carbocycles. The van der Waals surface area contributed by atoms with E-state index in [-0.39, 0.29) is 32.5 Å². The summed E-state index contributed by atoms with van der Waals surface area (Å²) in [5.74, 6) is -0.624. The highest BCUT2D eigenvalue weighted by molar-refractivity contribution is 7.70. The Kier molecular flexibility index (Phi) is 11.9. The fourth-order valence-electron chi connectivity index (χ4n) is 1.87. The summed E-state index contributed by atoms with van der Waals surface area (Å²) in [5, 5.41) is -2.22. The summed E-state index contributed by atoms with van der Waals surface area (Å²) in [6.07, 6.45) is -1.78. The highest BCUT2D eigenvalue weighted by Crippen LogP contribution is 2.61. The second-order valence-corrected chi connectivity index (χ2v) is 9.59. The molecule has 0 radical (unpaired) electrons. The van der Waals surface area contributed by atoms with Crippen LogP contribution in [0.3, 0.4) is 0 Å². The lowest BCUT2D eigenvalue weighted by molar-refractivity contribution is -0.152. The molecule has 0 aliphatic rings. The topological polar surface area (TPSA) is 197 Å². The van der Waals surface area contributed by atoms with Crippen LogP contribution in [0.4, 0.5) is 9.59 Å². The summed E-state index contributed by atoms with van der Waals surface area (Å²) in [7, 11) is -10.2. The van der Waals surface area contributed by atoms with Gasteiger partial charge < -0.3 is 38.7 Å². The molecule has 164 valence electrons. The number of halogens is 1. The Bertz CT molecular complexity index is 610. The third kappa shape index (κ3) is 11.6. The van der Waals surface area contributed by atoms with Crippen molar-refractivity contribution in [3.05, 3.63) is 0 Å². The van der Waals surface area contributed by atoms with Crippen LogP contribution < -0.4 is 0 Å². The number of amides is 1. The molecule has 13 nitrogen and oxygen atoms in total. The molecule has 0 fully saturated rings. The molecule has 0 spiro atoms. The lowest BCUT2D eigenvalue weighted by Crippen LogP contribution is -2.36. The number of rotatable bonds is 12. The van der Waals surface area contributed by atoms with Crippen LogP contribution in [-0.4, -0.2) is 73.9 Å². The van der Waals surface area contributed by atoms with E-state index in [0.29, 0.717) is 0 Å². The molecule has 0 aromatic heterocycles. The SMILES string of the molecule is CCC(=O)OCOC(=O)N(CCCC(P(=O)(O)O)P(=O)(O)O)CCOC(=O)Cl. The first-order valence-corrected chi connectivity index (χ1v) is 11.5. The Morgan fingerprint density at radius 1 is 1.00 bits per heavy atom. The summed E-state index contributed by atoms with van der Waals surface area (Å²) in [6.45, 7) is -0.000695. The van der Waals surface area contributed by atoms with Crippen molar-refractivity contribution in [3.63, 3.8) is 0 Å². The lowest BCUT2D eigenvalue weighted by atomic mass is 10.3. The predicted molar refractivity (Wildman–Crippen MR) is 93.6 cm³/mol. The van der Waals surface area contributed by atoms with Gasteiger partial charge in [0.2, 0.25) is 6.79 Å². The zero-order valence-corrected chi connectivity index (χ0v) is 17.3. The van der Waals surface area contributed by atoms with Crippen LogP contribution in [0.2, 0.25) is 0 Å². The van der Waals surface area contributed by atoms with Crippen LogP contribution in [0.15, 0.2) is 0 Å². The minimum Gasteiger partial charge on any atom is -0.452 e. The van der Waals surface area contributed by atoms with Gasteiger partial charge in [0.05, 0.1) is 6.54 Å². The Morgan fingerprint density at radius 2 is 1.57 bits per heavy atom. The van der Waals surface area contributed by atoms with Crippen molar-refractivity contribution >= 4 is 44.3 Å². The van der Waals surface area contributed by atoms with Crippen molar-refractivity contribution in [1.29, 1.82) is 0 Å². The van der Waals surface area contributed by atoms with Crippen LogP contribution in [0.5, 0.6) is 0 Å². The average molecular weight is 470 g/mol. The Hall–Kier alpha value is -1.20. The molecule has 0 aliphatic heterocycles. The largest absolute Gasteiger partial charge is 0.452 e. The smallest absolute Gasteiger partial charge is 0.412 e. The van der Waals surface area contributed by atoms with Gasteiger partial charge in [-0.25, -0.2) is 9.59 Å². The maximum Gasteiger partial charge on any atom is 0.412 e.